The number of fused-ring (bicyclic) bond motifs is 1. The zero-order valence-electron chi connectivity index (χ0n) is 12.0. The largest absolute Gasteiger partial charge is 0.488 e. The third-order valence-corrected chi connectivity index (χ3v) is 3.46. The fourth-order valence-electron chi connectivity index (χ4n) is 2.41. The van der Waals surface area contributed by atoms with E-state index in [0.29, 0.717) is 12.4 Å². The average molecular weight is 285 g/mol. The number of para-hydroxylation sites is 1. The molecule has 1 aromatic heterocycles. The first-order valence-electron chi connectivity index (χ1n) is 7.11. The lowest BCUT2D eigenvalue weighted by Crippen LogP contribution is -2.24. The van der Waals surface area contributed by atoms with Gasteiger partial charge in [0.05, 0.1) is 6.54 Å². The molecule has 1 aliphatic rings. The predicted molar refractivity (Wildman–Crippen MR) is 82.3 cm³/mol. The van der Waals surface area contributed by atoms with E-state index in [0.717, 1.165) is 30.2 Å². The van der Waals surface area contributed by atoms with Crippen LogP contribution in [0.25, 0.3) is 0 Å². The van der Waals surface area contributed by atoms with Crippen LogP contribution in [0.1, 0.15) is 18.3 Å². The number of nitrogen functional groups attached to an aromatic ring is 1. The summed E-state index contributed by atoms with van der Waals surface area (Å²) in [4.78, 5) is 8.70. The van der Waals surface area contributed by atoms with Crippen LogP contribution < -0.4 is 21.3 Å². The third-order valence-electron chi connectivity index (χ3n) is 3.46. The van der Waals surface area contributed by atoms with Crippen molar-refractivity contribution in [2.24, 2.45) is 5.84 Å². The number of hydrogen-bond acceptors (Lipinski definition) is 6. The Bertz CT molecular complexity index is 584. The fraction of sp³-hybridized carbons (Fsp3) is 0.333. The molecule has 2 aromatic rings. The molecule has 1 atom stereocenters. The highest BCUT2D eigenvalue weighted by Crippen LogP contribution is 2.28. The summed E-state index contributed by atoms with van der Waals surface area (Å²) in [5.41, 5.74) is 3.82. The Morgan fingerprint density at radius 2 is 2.10 bits per heavy atom. The minimum Gasteiger partial charge on any atom is -0.488 e. The summed E-state index contributed by atoms with van der Waals surface area (Å²) in [5, 5.41) is 3.30. The lowest BCUT2D eigenvalue weighted by atomic mass is 10.1. The van der Waals surface area contributed by atoms with Crippen LogP contribution in [0.4, 0.5) is 11.6 Å². The molecule has 1 unspecified atom stereocenters. The number of benzene rings is 1. The summed E-state index contributed by atoms with van der Waals surface area (Å²) >= 11 is 0. The van der Waals surface area contributed by atoms with Gasteiger partial charge in [-0.2, -0.15) is 0 Å². The van der Waals surface area contributed by atoms with Crippen LogP contribution in [0.3, 0.4) is 0 Å². The van der Waals surface area contributed by atoms with Gasteiger partial charge in [0.15, 0.2) is 0 Å². The number of rotatable bonds is 5. The first kappa shape index (κ1) is 13.6. The Morgan fingerprint density at radius 1 is 1.29 bits per heavy atom. The molecule has 0 saturated heterocycles. The molecule has 0 bridgehead atoms. The lowest BCUT2D eigenvalue weighted by molar-refractivity contribution is 0.246. The molecule has 2 heterocycles. The van der Waals surface area contributed by atoms with Crippen LogP contribution in [0.15, 0.2) is 30.3 Å². The van der Waals surface area contributed by atoms with Crippen LogP contribution in [0.5, 0.6) is 5.75 Å². The van der Waals surface area contributed by atoms with Gasteiger partial charge in [-0.15, -0.1) is 0 Å². The summed E-state index contributed by atoms with van der Waals surface area (Å²) in [6.45, 7) is 2.70. The SMILES string of the molecule is CCc1nc(NN)cc(NCC2Cc3ccccc3O2)n1. The Balaban J connectivity index is 1.64. The average Bonchev–Trinajstić information content (AvgIpc) is 2.95. The number of anilines is 2. The van der Waals surface area contributed by atoms with Crippen LogP contribution >= 0.6 is 0 Å². The molecule has 0 saturated carbocycles. The minimum atomic E-state index is 0.122. The van der Waals surface area contributed by atoms with Gasteiger partial charge in [0.25, 0.3) is 0 Å². The molecular formula is C15H19N5O. The van der Waals surface area contributed by atoms with Crippen molar-refractivity contribution in [3.63, 3.8) is 0 Å². The van der Waals surface area contributed by atoms with Crippen molar-refractivity contribution >= 4 is 11.6 Å². The van der Waals surface area contributed by atoms with Crippen LogP contribution in [0, 0.1) is 0 Å². The molecule has 110 valence electrons. The Labute approximate surface area is 123 Å². The second-order valence-electron chi connectivity index (χ2n) is 4.99. The molecule has 4 N–H and O–H groups in total. The highest BCUT2D eigenvalue weighted by molar-refractivity contribution is 5.47. The van der Waals surface area contributed by atoms with Crippen LogP contribution in [0.2, 0.25) is 0 Å². The fourth-order valence-corrected chi connectivity index (χ4v) is 2.41. The third kappa shape index (κ3) is 3.05. The first-order chi connectivity index (χ1) is 10.3. The van der Waals surface area contributed by atoms with E-state index in [1.54, 1.807) is 6.07 Å². The lowest BCUT2D eigenvalue weighted by Gasteiger charge is -2.13. The predicted octanol–water partition coefficient (Wildman–Crippen LogP) is 1.74. The molecule has 0 fully saturated rings. The molecule has 1 aromatic carbocycles. The molecule has 0 amide bonds. The summed E-state index contributed by atoms with van der Waals surface area (Å²) in [6, 6.07) is 9.93. The summed E-state index contributed by atoms with van der Waals surface area (Å²) in [6.07, 6.45) is 1.80. The second-order valence-corrected chi connectivity index (χ2v) is 4.99. The Kier molecular flexibility index (Phi) is 3.87. The van der Waals surface area contributed by atoms with Gasteiger partial charge in [-0.3, -0.25) is 0 Å². The van der Waals surface area contributed by atoms with Crippen molar-refractivity contribution in [2.75, 3.05) is 17.3 Å². The smallest absolute Gasteiger partial charge is 0.145 e. The Morgan fingerprint density at radius 3 is 2.86 bits per heavy atom. The van der Waals surface area contributed by atoms with Crippen molar-refractivity contribution < 1.29 is 4.74 Å². The van der Waals surface area contributed by atoms with E-state index < -0.39 is 0 Å². The first-order valence-corrected chi connectivity index (χ1v) is 7.11. The summed E-state index contributed by atoms with van der Waals surface area (Å²) < 4.78 is 5.90. The maximum absolute atomic E-state index is 5.90. The van der Waals surface area contributed by atoms with Crippen LogP contribution in [-0.4, -0.2) is 22.6 Å². The summed E-state index contributed by atoms with van der Waals surface area (Å²) in [5.74, 6) is 8.53. The van der Waals surface area contributed by atoms with E-state index in [2.05, 4.69) is 26.8 Å². The van der Waals surface area contributed by atoms with Gasteiger partial charge in [-0.1, -0.05) is 25.1 Å². The zero-order chi connectivity index (χ0) is 14.7. The minimum absolute atomic E-state index is 0.122. The molecule has 6 nitrogen and oxygen atoms in total. The van der Waals surface area contributed by atoms with E-state index in [9.17, 15) is 0 Å². The van der Waals surface area contributed by atoms with E-state index in [4.69, 9.17) is 10.6 Å². The molecule has 21 heavy (non-hydrogen) atoms. The van der Waals surface area contributed by atoms with Crippen molar-refractivity contribution in [3.8, 4) is 5.75 Å². The molecule has 1 aliphatic heterocycles. The number of hydrogen-bond donors (Lipinski definition) is 3. The molecule has 0 spiro atoms. The van der Waals surface area contributed by atoms with E-state index in [-0.39, 0.29) is 6.10 Å². The number of ether oxygens (including phenoxy) is 1. The van der Waals surface area contributed by atoms with Gasteiger partial charge >= 0.3 is 0 Å². The number of nitrogens with one attached hydrogen (secondary N) is 2. The summed E-state index contributed by atoms with van der Waals surface area (Å²) in [7, 11) is 0. The van der Waals surface area contributed by atoms with Gasteiger partial charge in [0, 0.05) is 18.9 Å². The van der Waals surface area contributed by atoms with Crippen LogP contribution in [-0.2, 0) is 12.8 Å². The zero-order valence-corrected chi connectivity index (χ0v) is 12.0. The number of nitrogens with zero attached hydrogens (tertiary/aromatic N) is 2. The quantitative estimate of drug-likeness (QED) is 0.573. The normalized spacial score (nSPS) is 16.2. The molecule has 0 aliphatic carbocycles. The van der Waals surface area contributed by atoms with Gasteiger partial charge in [0.1, 0.15) is 29.3 Å². The Hall–Kier alpha value is -2.34. The molecule has 6 heteroatoms. The number of hydrazine groups is 1. The van der Waals surface area contributed by atoms with Gasteiger partial charge in [-0.25, -0.2) is 15.8 Å². The molecule has 0 radical (unpaired) electrons. The number of aryl methyl sites for hydroxylation is 1. The van der Waals surface area contributed by atoms with Crippen molar-refractivity contribution in [1.82, 2.24) is 9.97 Å². The molecule has 3 rings (SSSR count). The topological polar surface area (TPSA) is 85.1 Å². The van der Waals surface area contributed by atoms with E-state index in [1.807, 2.05) is 25.1 Å². The van der Waals surface area contributed by atoms with Crippen molar-refractivity contribution in [1.29, 1.82) is 0 Å². The van der Waals surface area contributed by atoms with E-state index in [1.165, 1.54) is 5.56 Å². The monoisotopic (exact) mass is 285 g/mol. The highest BCUT2D eigenvalue weighted by atomic mass is 16.5. The molecular weight excluding hydrogens is 266 g/mol. The number of nitrogens with two attached hydrogens (primary N) is 1. The maximum Gasteiger partial charge on any atom is 0.145 e. The van der Waals surface area contributed by atoms with Gasteiger partial charge in [0.2, 0.25) is 0 Å². The van der Waals surface area contributed by atoms with Gasteiger partial charge in [-0.05, 0) is 11.6 Å². The van der Waals surface area contributed by atoms with Gasteiger partial charge < -0.3 is 15.5 Å². The van der Waals surface area contributed by atoms with Crippen molar-refractivity contribution in [2.45, 2.75) is 25.9 Å². The van der Waals surface area contributed by atoms with E-state index >= 15 is 0 Å². The second kappa shape index (κ2) is 5.97. The maximum atomic E-state index is 5.90. The number of aromatic nitrogens is 2. The standard InChI is InChI=1S/C15H19N5O/c1-2-13-18-14(8-15(19-13)20-16)17-9-11-7-10-5-3-4-6-12(10)21-11/h3-6,8,11H,2,7,9,16H2,1H3,(H2,17,18,19,20). The highest BCUT2D eigenvalue weighted by Gasteiger charge is 2.22. The van der Waals surface area contributed by atoms with Crippen molar-refractivity contribution in [3.05, 3.63) is 41.7 Å².